The highest BCUT2D eigenvalue weighted by atomic mass is 79.9. The van der Waals surface area contributed by atoms with Crippen molar-refractivity contribution >= 4 is 43.5 Å². The summed E-state index contributed by atoms with van der Waals surface area (Å²) in [4.78, 5) is 29.8. The quantitative estimate of drug-likeness (QED) is 0.285. The van der Waals surface area contributed by atoms with E-state index in [-0.39, 0.29) is 30.6 Å². The fourth-order valence-electron chi connectivity index (χ4n) is 5.36. The Balaban J connectivity index is 1.74. The van der Waals surface area contributed by atoms with Gasteiger partial charge in [-0.25, -0.2) is 8.42 Å². The zero-order chi connectivity index (χ0) is 30.1. The molecule has 1 atom stereocenters. The molecule has 1 aliphatic carbocycles. The second kappa shape index (κ2) is 14.7. The van der Waals surface area contributed by atoms with E-state index in [1.165, 1.54) is 12.0 Å². The van der Waals surface area contributed by atoms with Gasteiger partial charge in [-0.1, -0.05) is 89.8 Å². The van der Waals surface area contributed by atoms with Crippen molar-refractivity contribution in [2.45, 2.75) is 57.2 Å². The van der Waals surface area contributed by atoms with E-state index in [1.54, 1.807) is 24.3 Å². The highest BCUT2D eigenvalue weighted by Crippen LogP contribution is 2.30. The number of hydrogen-bond acceptors (Lipinski definition) is 5. The smallest absolute Gasteiger partial charge is 0.244 e. The van der Waals surface area contributed by atoms with Crippen molar-refractivity contribution in [1.82, 2.24) is 10.2 Å². The molecule has 4 rings (SSSR count). The van der Waals surface area contributed by atoms with Crippen LogP contribution in [-0.4, -0.2) is 57.1 Å². The minimum Gasteiger partial charge on any atom is -0.495 e. The number of hydrogen-bond donors (Lipinski definition) is 1. The van der Waals surface area contributed by atoms with Crippen LogP contribution in [0.4, 0.5) is 5.69 Å². The van der Waals surface area contributed by atoms with Crippen molar-refractivity contribution in [3.05, 3.63) is 94.5 Å². The van der Waals surface area contributed by atoms with Gasteiger partial charge in [-0.15, -0.1) is 0 Å². The van der Waals surface area contributed by atoms with Crippen molar-refractivity contribution in [2.75, 3.05) is 24.2 Å². The Labute approximate surface area is 257 Å². The Kier molecular flexibility index (Phi) is 11.0. The van der Waals surface area contributed by atoms with Gasteiger partial charge in [-0.05, 0) is 48.2 Å². The summed E-state index contributed by atoms with van der Waals surface area (Å²) in [5.74, 6) is -0.409. The monoisotopic (exact) mass is 655 g/mol. The lowest BCUT2D eigenvalue weighted by atomic mass is 9.94. The third kappa shape index (κ3) is 8.58. The number of ether oxygens (including phenoxy) is 1. The molecule has 0 saturated heterocycles. The van der Waals surface area contributed by atoms with Gasteiger partial charge in [0.1, 0.15) is 18.3 Å². The lowest BCUT2D eigenvalue weighted by Gasteiger charge is -2.35. The first-order chi connectivity index (χ1) is 20.2. The Morgan fingerprint density at radius 3 is 2.29 bits per heavy atom. The molecule has 0 aliphatic heterocycles. The van der Waals surface area contributed by atoms with Crippen molar-refractivity contribution < 1.29 is 22.7 Å². The topological polar surface area (TPSA) is 96.0 Å². The van der Waals surface area contributed by atoms with Crippen LogP contribution in [0.2, 0.25) is 0 Å². The molecule has 3 aromatic carbocycles. The van der Waals surface area contributed by atoms with Gasteiger partial charge in [0.25, 0.3) is 0 Å². The minimum absolute atomic E-state index is 0.0495. The number of anilines is 1. The van der Waals surface area contributed by atoms with Crippen LogP contribution in [-0.2, 0) is 32.6 Å². The summed E-state index contributed by atoms with van der Waals surface area (Å²) in [6.07, 6.45) is 6.40. The number of carbonyl (C=O) groups excluding carboxylic acids is 2. The lowest BCUT2D eigenvalue weighted by Crippen LogP contribution is -2.55. The summed E-state index contributed by atoms with van der Waals surface area (Å²) < 4.78 is 33.4. The van der Waals surface area contributed by atoms with Crippen molar-refractivity contribution in [3.63, 3.8) is 0 Å². The summed E-state index contributed by atoms with van der Waals surface area (Å²) in [7, 11) is -2.44. The van der Waals surface area contributed by atoms with Crippen LogP contribution >= 0.6 is 15.9 Å². The van der Waals surface area contributed by atoms with Gasteiger partial charge in [0.2, 0.25) is 21.8 Å². The largest absolute Gasteiger partial charge is 0.495 e. The number of amides is 2. The molecule has 0 radical (unpaired) electrons. The van der Waals surface area contributed by atoms with E-state index in [1.807, 2.05) is 54.6 Å². The highest BCUT2D eigenvalue weighted by molar-refractivity contribution is 9.10. The fourth-order valence-corrected chi connectivity index (χ4v) is 6.66. The number of nitrogens with one attached hydrogen (secondary N) is 1. The first-order valence-corrected chi connectivity index (χ1v) is 16.8. The van der Waals surface area contributed by atoms with Crippen molar-refractivity contribution in [3.8, 4) is 5.75 Å². The van der Waals surface area contributed by atoms with Gasteiger partial charge in [0.15, 0.2) is 0 Å². The Bertz CT molecular complexity index is 1460. The number of sulfonamides is 1. The van der Waals surface area contributed by atoms with Gasteiger partial charge in [0.05, 0.1) is 19.1 Å². The van der Waals surface area contributed by atoms with Crippen LogP contribution in [0.3, 0.4) is 0 Å². The number of carbonyl (C=O) groups is 2. The summed E-state index contributed by atoms with van der Waals surface area (Å²) in [5, 5.41) is 3.21. The normalized spacial score (nSPS) is 14.5. The lowest BCUT2D eigenvalue weighted by molar-refractivity contribution is -0.140. The molecule has 42 heavy (non-hydrogen) atoms. The summed E-state index contributed by atoms with van der Waals surface area (Å²) in [5.41, 5.74) is 1.96. The zero-order valence-corrected chi connectivity index (χ0v) is 26.4. The van der Waals surface area contributed by atoms with Crippen LogP contribution in [0.15, 0.2) is 83.3 Å². The molecule has 1 N–H and O–H groups in total. The predicted octanol–water partition coefficient (Wildman–Crippen LogP) is 5.31. The first kappa shape index (κ1) is 31.6. The zero-order valence-electron chi connectivity index (χ0n) is 24.0. The number of benzene rings is 3. The maximum atomic E-state index is 14.3. The summed E-state index contributed by atoms with van der Waals surface area (Å²) in [6.45, 7) is -0.368. The van der Waals surface area contributed by atoms with Crippen molar-refractivity contribution in [2.24, 2.45) is 0 Å². The molecule has 0 heterocycles. The van der Waals surface area contributed by atoms with E-state index in [0.29, 0.717) is 5.75 Å². The molecule has 0 bridgehead atoms. The van der Waals surface area contributed by atoms with E-state index in [2.05, 4.69) is 21.2 Å². The van der Waals surface area contributed by atoms with E-state index in [0.717, 1.165) is 58.3 Å². The Morgan fingerprint density at radius 2 is 1.62 bits per heavy atom. The van der Waals surface area contributed by atoms with Gasteiger partial charge in [0, 0.05) is 23.5 Å². The van der Waals surface area contributed by atoms with Gasteiger partial charge < -0.3 is 15.0 Å². The average molecular weight is 657 g/mol. The number of para-hydroxylation sites is 2. The second-order valence-electron chi connectivity index (χ2n) is 10.6. The Morgan fingerprint density at radius 1 is 0.952 bits per heavy atom. The van der Waals surface area contributed by atoms with Crippen LogP contribution in [0.1, 0.15) is 43.2 Å². The molecule has 8 nitrogen and oxygen atoms in total. The summed E-state index contributed by atoms with van der Waals surface area (Å²) >= 11 is 3.50. The molecule has 1 aliphatic rings. The van der Waals surface area contributed by atoms with E-state index in [9.17, 15) is 18.0 Å². The van der Waals surface area contributed by atoms with Crippen LogP contribution in [0, 0.1) is 0 Å². The number of rotatable bonds is 12. The molecule has 1 fully saturated rings. The van der Waals surface area contributed by atoms with E-state index in [4.69, 9.17) is 4.74 Å². The number of halogens is 1. The van der Waals surface area contributed by atoms with Crippen LogP contribution in [0.5, 0.6) is 5.75 Å². The van der Waals surface area contributed by atoms with Crippen LogP contribution in [0.25, 0.3) is 0 Å². The SMILES string of the molecule is COc1ccccc1N(CC(=O)N(Cc1cccc(Br)c1)C(Cc1ccccc1)C(=O)NC1CCCCC1)S(C)(=O)=O. The molecule has 1 unspecified atom stereocenters. The minimum atomic E-state index is -3.89. The molecule has 3 aromatic rings. The molecule has 0 aromatic heterocycles. The molecule has 10 heteroatoms. The highest BCUT2D eigenvalue weighted by Gasteiger charge is 2.34. The van der Waals surface area contributed by atoms with E-state index >= 15 is 0 Å². The summed E-state index contributed by atoms with van der Waals surface area (Å²) in [6, 6.07) is 23.0. The molecular formula is C32H38BrN3O5S. The second-order valence-corrected chi connectivity index (χ2v) is 13.5. The fraction of sp³-hybridized carbons (Fsp3) is 0.375. The van der Waals surface area contributed by atoms with Crippen molar-refractivity contribution in [1.29, 1.82) is 0 Å². The van der Waals surface area contributed by atoms with Gasteiger partial charge in [-0.3, -0.25) is 13.9 Å². The molecule has 2 amide bonds. The molecule has 224 valence electrons. The maximum Gasteiger partial charge on any atom is 0.244 e. The first-order valence-electron chi connectivity index (χ1n) is 14.1. The third-order valence-electron chi connectivity index (χ3n) is 7.50. The molecular weight excluding hydrogens is 618 g/mol. The molecule has 1 saturated carbocycles. The maximum absolute atomic E-state index is 14.3. The predicted molar refractivity (Wildman–Crippen MR) is 169 cm³/mol. The van der Waals surface area contributed by atoms with E-state index < -0.39 is 28.5 Å². The Hall–Kier alpha value is -3.37. The molecule has 0 spiro atoms. The van der Waals surface area contributed by atoms with Crippen LogP contribution < -0.4 is 14.4 Å². The average Bonchev–Trinajstić information content (AvgIpc) is 2.98. The third-order valence-corrected chi connectivity index (χ3v) is 9.12. The number of nitrogens with zero attached hydrogens (tertiary/aromatic N) is 2. The van der Waals surface area contributed by atoms with Gasteiger partial charge in [-0.2, -0.15) is 0 Å². The number of methoxy groups -OCH3 is 1. The standard InChI is InChI=1S/C32H38BrN3O5S/c1-41-30-19-10-9-18-28(30)36(42(2,39)40)23-31(37)35(22-25-14-11-15-26(33)20-25)29(21-24-12-5-3-6-13-24)32(38)34-27-16-7-4-8-17-27/h3,5-6,9-15,18-20,27,29H,4,7-8,16-17,21-23H2,1-2H3,(H,34,38). The van der Waals surface area contributed by atoms with Gasteiger partial charge >= 0.3 is 0 Å².